The summed E-state index contributed by atoms with van der Waals surface area (Å²) in [6.45, 7) is 16.7. The lowest BCUT2D eigenvalue weighted by Gasteiger charge is -2.27. The van der Waals surface area contributed by atoms with Gasteiger partial charge in [-0.25, -0.2) is 13.0 Å². The second-order valence-electron chi connectivity index (χ2n) is 13.3. The number of anilines is 2. The SMILES string of the molecule is CCN(Cc1cccc(S(=O)(=O)[O-])c1)c1ccc(C(=C2C=CC(=[N+](CC)CC)C=C2)c2ccc(N(CC)Cc3cccc(S(=O)(=O)O)c3)cc2C)c(C)c1. The van der Waals surface area contributed by atoms with Crippen LogP contribution in [0.5, 0.6) is 0 Å². The van der Waals surface area contributed by atoms with E-state index in [4.69, 9.17) is 0 Å². The van der Waals surface area contributed by atoms with Gasteiger partial charge in [0, 0.05) is 49.7 Å². The number of rotatable bonds is 14. The molecule has 1 aliphatic rings. The molecule has 11 heteroatoms. The molecule has 4 aromatic carbocycles. The number of allylic oxidation sites excluding steroid dienone is 5. The third-order valence-corrected chi connectivity index (χ3v) is 11.5. The van der Waals surface area contributed by atoms with Gasteiger partial charge in [0.15, 0.2) is 5.71 Å². The van der Waals surface area contributed by atoms with Crippen LogP contribution in [0, 0.1) is 13.8 Å². The molecule has 0 atom stereocenters. The van der Waals surface area contributed by atoms with Crippen molar-refractivity contribution in [3.8, 4) is 0 Å². The zero-order valence-corrected chi connectivity index (χ0v) is 33.4. The Kier molecular flexibility index (Phi) is 12.8. The van der Waals surface area contributed by atoms with Crippen LogP contribution >= 0.6 is 0 Å². The molecule has 0 aliphatic heterocycles. The predicted octanol–water partition coefficient (Wildman–Crippen LogP) is 7.93. The van der Waals surface area contributed by atoms with Gasteiger partial charge < -0.3 is 14.4 Å². The van der Waals surface area contributed by atoms with E-state index in [1.54, 1.807) is 12.1 Å². The summed E-state index contributed by atoms with van der Waals surface area (Å²) < 4.78 is 70.5. The highest BCUT2D eigenvalue weighted by Gasteiger charge is 2.20. The summed E-state index contributed by atoms with van der Waals surface area (Å²) in [5.41, 5.74) is 11.1. The molecule has 0 saturated carbocycles. The van der Waals surface area contributed by atoms with Crippen molar-refractivity contribution in [2.75, 3.05) is 36.0 Å². The normalized spacial score (nSPS) is 13.0. The van der Waals surface area contributed by atoms with Crippen molar-refractivity contribution < 1.29 is 30.5 Å². The van der Waals surface area contributed by atoms with Crippen LogP contribution < -0.4 is 9.80 Å². The van der Waals surface area contributed by atoms with Crippen molar-refractivity contribution >= 4 is 42.9 Å². The van der Waals surface area contributed by atoms with Gasteiger partial charge in [-0.1, -0.05) is 36.4 Å². The molecule has 0 aromatic heterocycles. The van der Waals surface area contributed by atoms with Gasteiger partial charge in [0.1, 0.15) is 23.2 Å². The molecule has 0 unspecified atom stereocenters. The van der Waals surface area contributed by atoms with Crippen LogP contribution in [-0.2, 0) is 33.3 Å². The van der Waals surface area contributed by atoms with E-state index in [-0.39, 0.29) is 9.79 Å². The fourth-order valence-electron chi connectivity index (χ4n) is 6.95. The summed E-state index contributed by atoms with van der Waals surface area (Å²) in [6, 6.07) is 25.4. The Morgan fingerprint density at radius 2 is 1.11 bits per heavy atom. The molecule has 1 aliphatic carbocycles. The smallest absolute Gasteiger partial charge is 0.294 e. The highest BCUT2D eigenvalue weighted by molar-refractivity contribution is 7.86. The lowest BCUT2D eigenvalue weighted by atomic mass is 9.86. The largest absolute Gasteiger partial charge is 0.744 e. The standard InChI is InChI=1S/C43H49N3O6S2/c1-7-44(8-2)36-19-17-35(18-20-36)43(41-23-21-37(25-31(41)5)45(9-3)29-33-13-11-15-39(27-33)53(47,48)49)42-24-22-38(26-32(42)6)46(10-4)30-34-14-12-16-40(28-34)54(50,51)52/h11-28H,7-10,29-30H2,1-6H3,(H-,47,48,49,50,51,52). The number of aryl methyl sites for hydroxylation is 2. The minimum absolute atomic E-state index is 0.124. The Hall–Kier alpha value is -4.81. The van der Waals surface area contributed by atoms with Crippen molar-refractivity contribution in [1.29, 1.82) is 0 Å². The first-order valence-electron chi connectivity index (χ1n) is 18.2. The van der Waals surface area contributed by atoms with E-state index in [9.17, 15) is 25.9 Å². The van der Waals surface area contributed by atoms with Gasteiger partial charge in [-0.05, 0) is 147 Å². The van der Waals surface area contributed by atoms with Crippen LogP contribution in [0.25, 0.3) is 5.57 Å². The van der Waals surface area contributed by atoms with E-state index < -0.39 is 20.2 Å². The third-order valence-electron chi connectivity index (χ3n) is 9.87. The first-order valence-corrected chi connectivity index (χ1v) is 21.1. The van der Waals surface area contributed by atoms with Crippen LogP contribution in [0.3, 0.4) is 0 Å². The summed E-state index contributed by atoms with van der Waals surface area (Å²) in [5.74, 6) is 0. The lowest BCUT2D eigenvalue weighted by molar-refractivity contribution is -0.519. The molecule has 0 heterocycles. The molecule has 0 amide bonds. The second kappa shape index (κ2) is 17.1. The van der Waals surface area contributed by atoms with E-state index in [2.05, 4.69) is 110 Å². The molecule has 9 nitrogen and oxygen atoms in total. The molecule has 0 radical (unpaired) electrons. The highest BCUT2D eigenvalue weighted by Crippen LogP contribution is 2.37. The summed E-state index contributed by atoms with van der Waals surface area (Å²) in [5, 5.41) is 0. The molecule has 0 bridgehead atoms. The summed E-state index contributed by atoms with van der Waals surface area (Å²) in [4.78, 5) is 3.96. The number of hydrogen-bond donors (Lipinski definition) is 1. The molecule has 54 heavy (non-hydrogen) atoms. The summed E-state index contributed by atoms with van der Waals surface area (Å²) in [7, 11) is -8.87. The van der Waals surface area contributed by atoms with E-state index >= 15 is 0 Å². The monoisotopic (exact) mass is 767 g/mol. The maximum Gasteiger partial charge on any atom is 0.294 e. The number of benzene rings is 4. The van der Waals surface area contributed by atoms with Crippen molar-refractivity contribution in [2.45, 2.75) is 64.4 Å². The van der Waals surface area contributed by atoms with Crippen LogP contribution in [0.2, 0.25) is 0 Å². The topological polar surface area (TPSA) is 121 Å². The van der Waals surface area contributed by atoms with Crippen molar-refractivity contribution in [3.05, 3.63) is 148 Å². The van der Waals surface area contributed by atoms with Gasteiger partial charge in [0.05, 0.1) is 9.79 Å². The predicted molar refractivity (Wildman–Crippen MR) is 217 cm³/mol. The quantitative estimate of drug-likeness (QED) is 0.102. The fourth-order valence-corrected chi connectivity index (χ4v) is 8.04. The minimum atomic E-state index is -4.56. The number of nitrogens with zero attached hydrogens (tertiary/aromatic N) is 3. The average Bonchev–Trinajstić information content (AvgIpc) is 3.14. The molecule has 0 spiro atoms. The maximum atomic E-state index is 11.8. The van der Waals surface area contributed by atoms with Crippen molar-refractivity contribution in [3.63, 3.8) is 0 Å². The fraction of sp³-hybridized carbons (Fsp3) is 0.279. The molecule has 5 rings (SSSR count). The lowest BCUT2D eigenvalue weighted by Crippen LogP contribution is -2.22. The third kappa shape index (κ3) is 9.46. The maximum absolute atomic E-state index is 11.8. The molecule has 4 aromatic rings. The minimum Gasteiger partial charge on any atom is -0.744 e. The summed E-state index contributed by atoms with van der Waals surface area (Å²) >= 11 is 0. The van der Waals surface area contributed by atoms with E-state index in [1.165, 1.54) is 24.3 Å². The van der Waals surface area contributed by atoms with E-state index in [1.807, 2.05) is 19.1 Å². The van der Waals surface area contributed by atoms with Gasteiger partial charge >= 0.3 is 0 Å². The molecular formula is C43H49N3O6S2. The zero-order valence-electron chi connectivity index (χ0n) is 31.8. The Balaban J connectivity index is 1.55. The summed E-state index contributed by atoms with van der Waals surface area (Å²) in [6.07, 6.45) is 8.70. The number of hydrogen-bond acceptors (Lipinski definition) is 7. The van der Waals surface area contributed by atoms with Crippen LogP contribution in [-0.4, -0.2) is 62.4 Å². The van der Waals surface area contributed by atoms with Crippen molar-refractivity contribution in [1.82, 2.24) is 0 Å². The van der Waals surface area contributed by atoms with Crippen molar-refractivity contribution in [2.24, 2.45) is 0 Å². The molecule has 0 fully saturated rings. The molecule has 284 valence electrons. The van der Waals surface area contributed by atoms with Gasteiger partial charge in [0.2, 0.25) is 0 Å². The Labute approximate surface area is 320 Å². The first kappa shape index (κ1) is 40.4. The molecule has 0 saturated heterocycles. The second-order valence-corrected chi connectivity index (χ2v) is 16.1. The van der Waals surface area contributed by atoms with E-state index in [0.29, 0.717) is 26.2 Å². The van der Waals surface area contributed by atoms with Gasteiger partial charge in [-0.15, -0.1) is 0 Å². The van der Waals surface area contributed by atoms with Crippen LogP contribution in [0.1, 0.15) is 61.1 Å². The van der Waals surface area contributed by atoms with E-state index in [0.717, 1.165) is 74.7 Å². The Bertz CT molecular complexity index is 2220. The molecular weight excluding hydrogens is 719 g/mol. The van der Waals surface area contributed by atoms with Crippen LogP contribution in [0.15, 0.2) is 125 Å². The van der Waals surface area contributed by atoms with Gasteiger partial charge in [-0.3, -0.25) is 4.55 Å². The highest BCUT2D eigenvalue weighted by atomic mass is 32.2. The van der Waals surface area contributed by atoms with Gasteiger partial charge in [0.25, 0.3) is 10.1 Å². The Morgan fingerprint density at radius 1 is 0.648 bits per heavy atom. The van der Waals surface area contributed by atoms with Gasteiger partial charge in [-0.2, -0.15) is 8.42 Å². The zero-order chi connectivity index (χ0) is 39.2. The molecule has 1 N–H and O–H groups in total. The first-order chi connectivity index (χ1) is 25.7. The Morgan fingerprint density at radius 3 is 1.52 bits per heavy atom. The van der Waals surface area contributed by atoms with Crippen LogP contribution in [0.4, 0.5) is 11.4 Å². The average molecular weight is 768 g/mol.